The Morgan fingerprint density at radius 3 is 2.76 bits per heavy atom. The van der Waals surface area contributed by atoms with Gasteiger partial charge in [0.2, 0.25) is 0 Å². The summed E-state index contributed by atoms with van der Waals surface area (Å²) < 4.78 is 40.3. The molecule has 25 heavy (non-hydrogen) atoms. The normalized spacial score (nSPS) is 11.1. The highest BCUT2D eigenvalue weighted by atomic mass is 19.3. The summed E-state index contributed by atoms with van der Waals surface area (Å²) in [4.78, 5) is 12.0. The lowest BCUT2D eigenvalue weighted by atomic mass is 10.2. The van der Waals surface area contributed by atoms with E-state index in [1.807, 2.05) is 0 Å². The summed E-state index contributed by atoms with van der Waals surface area (Å²) in [5, 5.41) is 3.79. The number of halogens is 2. The highest BCUT2D eigenvalue weighted by Gasteiger charge is 2.15. The molecule has 8 heteroatoms. The number of hydrogen-bond donors (Lipinski definition) is 1. The zero-order valence-corrected chi connectivity index (χ0v) is 14.0. The summed E-state index contributed by atoms with van der Waals surface area (Å²) in [7, 11) is 0. The summed E-state index contributed by atoms with van der Waals surface area (Å²) >= 11 is 0. The minimum Gasteiger partial charge on any atom is -0.490 e. The van der Waals surface area contributed by atoms with Crippen LogP contribution >= 0.6 is 0 Å². The maximum Gasteiger partial charge on any atom is 0.387 e. The fraction of sp³-hybridized carbons (Fsp3) is 0.294. The van der Waals surface area contributed by atoms with E-state index in [2.05, 4.69) is 15.3 Å². The third-order valence-electron chi connectivity index (χ3n) is 3.17. The number of hydrogen-bond acceptors (Lipinski definition) is 5. The molecule has 1 aromatic heterocycles. The first-order valence-electron chi connectivity index (χ1n) is 7.53. The van der Waals surface area contributed by atoms with Crippen LogP contribution in [0.1, 0.15) is 34.4 Å². The van der Waals surface area contributed by atoms with E-state index in [1.165, 1.54) is 18.3 Å². The van der Waals surface area contributed by atoms with E-state index in [4.69, 9.17) is 9.15 Å². The van der Waals surface area contributed by atoms with Crippen LogP contribution in [0.2, 0.25) is 0 Å². The van der Waals surface area contributed by atoms with Gasteiger partial charge in [0.15, 0.2) is 11.5 Å². The third kappa shape index (κ3) is 4.79. The first-order chi connectivity index (χ1) is 11.9. The number of hydrazone groups is 1. The average molecular weight is 352 g/mol. The standard InChI is InChI=1S/C17H18F2N2O4/c1-4-23-14-7-5-6-12(15(14)25-17(18)19)9-20-21-16(22)13-8-10(2)24-11(13)3/h5-9,17H,4H2,1-3H3,(H,21,22)/b20-9-. The Balaban J connectivity index is 2.18. The van der Waals surface area contributed by atoms with E-state index < -0.39 is 12.5 Å². The molecule has 1 heterocycles. The molecule has 0 spiro atoms. The molecule has 0 bridgehead atoms. The number of furan rings is 1. The fourth-order valence-electron chi connectivity index (χ4n) is 2.20. The van der Waals surface area contributed by atoms with Crippen molar-refractivity contribution in [2.75, 3.05) is 6.61 Å². The Labute approximate surface area is 143 Å². The van der Waals surface area contributed by atoms with Crippen molar-refractivity contribution >= 4 is 12.1 Å². The number of para-hydroxylation sites is 1. The lowest BCUT2D eigenvalue weighted by molar-refractivity contribution is -0.0515. The number of nitrogens with one attached hydrogen (secondary N) is 1. The van der Waals surface area contributed by atoms with E-state index in [0.717, 1.165) is 0 Å². The maximum atomic E-state index is 12.6. The van der Waals surface area contributed by atoms with Crippen molar-refractivity contribution in [2.45, 2.75) is 27.4 Å². The second-order valence-electron chi connectivity index (χ2n) is 5.01. The molecule has 0 radical (unpaired) electrons. The van der Waals surface area contributed by atoms with Crippen LogP contribution in [0.4, 0.5) is 8.78 Å². The number of rotatable bonds is 7. The summed E-state index contributed by atoms with van der Waals surface area (Å²) in [6.45, 7) is 2.38. The van der Waals surface area contributed by atoms with E-state index in [-0.39, 0.29) is 23.7 Å². The van der Waals surface area contributed by atoms with Crippen LogP contribution < -0.4 is 14.9 Å². The molecule has 1 N–H and O–H groups in total. The molecule has 0 unspecified atom stereocenters. The van der Waals surface area contributed by atoms with Gasteiger partial charge >= 0.3 is 6.61 Å². The van der Waals surface area contributed by atoms with Gasteiger partial charge in [-0.1, -0.05) is 6.07 Å². The number of ether oxygens (including phenoxy) is 2. The largest absolute Gasteiger partial charge is 0.490 e. The van der Waals surface area contributed by atoms with Crippen molar-refractivity contribution in [3.8, 4) is 11.5 Å². The van der Waals surface area contributed by atoms with Gasteiger partial charge in [-0.2, -0.15) is 13.9 Å². The van der Waals surface area contributed by atoms with Gasteiger partial charge in [0.05, 0.1) is 18.4 Å². The molecule has 0 fully saturated rings. The minimum absolute atomic E-state index is 0.146. The molecule has 0 aliphatic heterocycles. The summed E-state index contributed by atoms with van der Waals surface area (Å²) in [5.74, 6) is 0.615. The molecule has 2 rings (SSSR count). The number of aryl methyl sites for hydroxylation is 2. The van der Waals surface area contributed by atoms with Crippen LogP contribution in [0.3, 0.4) is 0 Å². The van der Waals surface area contributed by atoms with Gasteiger partial charge in [0.1, 0.15) is 11.5 Å². The number of benzene rings is 1. The molecule has 0 saturated carbocycles. The number of nitrogens with zero attached hydrogens (tertiary/aromatic N) is 1. The minimum atomic E-state index is -3.01. The molecule has 0 aliphatic carbocycles. The van der Waals surface area contributed by atoms with Gasteiger partial charge in [0.25, 0.3) is 5.91 Å². The summed E-state index contributed by atoms with van der Waals surface area (Å²) in [6.07, 6.45) is 1.21. The molecule has 6 nitrogen and oxygen atoms in total. The number of carbonyl (C=O) groups excluding carboxylic acids is 1. The Hall–Kier alpha value is -2.90. The lowest BCUT2D eigenvalue weighted by Crippen LogP contribution is -2.18. The van der Waals surface area contributed by atoms with Crippen molar-refractivity contribution in [3.05, 3.63) is 46.9 Å². The number of alkyl halides is 2. The predicted molar refractivity (Wildman–Crippen MR) is 87.5 cm³/mol. The molecule has 0 aliphatic rings. The summed E-state index contributed by atoms with van der Waals surface area (Å²) in [5.41, 5.74) is 2.91. The smallest absolute Gasteiger partial charge is 0.387 e. The summed E-state index contributed by atoms with van der Waals surface area (Å²) in [6, 6.07) is 6.22. The van der Waals surface area contributed by atoms with Gasteiger partial charge in [-0.25, -0.2) is 5.43 Å². The van der Waals surface area contributed by atoms with Gasteiger partial charge < -0.3 is 13.9 Å². The fourth-order valence-corrected chi connectivity index (χ4v) is 2.20. The second kappa shape index (κ2) is 8.27. The average Bonchev–Trinajstić information content (AvgIpc) is 2.88. The molecule has 1 amide bonds. The molecular weight excluding hydrogens is 334 g/mol. The van der Waals surface area contributed by atoms with Crippen molar-refractivity contribution in [1.29, 1.82) is 0 Å². The monoisotopic (exact) mass is 352 g/mol. The lowest BCUT2D eigenvalue weighted by Gasteiger charge is -2.13. The van der Waals surface area contributed by atoms with Crippen LogP contribution in [0, 0.1) is 13.8 Å². The Bertz CT molecular complexity index is 772. The number of carbonyl (C=O) groups is 1. The molecular formula is C17H18F2N2O4. The zero-order chi connectivity index (χ0) is 18.4. The van der Waals surface area contributed by atoms with E-state index >= 15 is 0 Å². The zero-order valence-electron chi connectivity index (χ0n) is 14.0. The molecule has 0 saturated heterocycles. The van der Waals surface area contributed by atoms with Crippen LogP contribution in [0.15, 0.2) is 33.8 Å². The predicted octanol–water partition coefficient (Wildman–Crippen LogP) is 3.66. The molecule has 134 valence electrons. The van der Waals surface area contributed by atoms with Crippen LogP contribution in [-0.2, 0) is 0 Å². The number of amides is 1. The van der Waals surface area contributed by atoms with Crippen LogP contribution in [0.25, 0.3) is 0 Å². The van der Waals surface area contributed by atoms with Crippen LogP contribution in [0.5, 0.6) is 11.5 Å². The molecule has 1 aromatic carbocycles. The van der Waals surface area contributed by atoms with E-state index in [9.17, 15) is 13.6 Å². The third-order valence-corrected chi connectivity index (χ3v) is 3.17. The first kappa shape index (κ1) is 18.4. The molecule has 2 aromatic rings. The topological polar surface area (TPSA) is 73.1 Å². The Morgan fingerprint density at radius 1 is 1.40 bits per heavy atom. The Kier molecular flexibility index (Phi) is 6.10. The van der Waals surface area contributed by atoms with Gasteiger partial charge in [-0.05, 0) is 39.0 Å². The van der Waals surface area contributed by atoms with Gasteiger partial charge in [-0.15, -0.1) is 0 Å². The van der Waals surface area contributed by atoms with E-state index in [1.54, 1.807) is 32.9 Å². The highest BCUT2D eigenvalue weighted by Crippen LogP contribution is 2.31. The van der Waals surface area contributed by atoms with E-state index in [0.29, 0.717) is 17.1 Å². The SMILES string of the molecule is CCOc1cccc(/C=N\NC(=O)c2cc(C)oc2C)c1OC(F)F. The first-order valence-corrected chi connectivity index (χ1v) is 7.53. The Morgan fingerprint density at radius 2 is 2.16 bits per heavy atom. The van der Waals surface area contributed by atoms with Crippen molar-refractivity contribution in [1.82, 2.24) is 5.43 Å². The van der Waals surface area contributed by atoms with Crippen molar-refractivity contribution in [2.24, 2.45) is 5.10 Å². The second-order valence-corrected chi connectivity index (χ2v) is 5.01. The van der Waals surface area contributed by atoms with Gasteiger partial charge in [0, 0.05) is 5.56 Å². The van der Waals surface area contributed by atoms with Crippen molar-refractivity contribution in [3.63, 3.8) is 0 Å². The van der Waals surface area contributed by atoms with Crippen molar-refractivity contribution < 1.29 is 27.5 Å². The quantitative estimate of drug-likeness (QED) is 0.610. The maximum absolute atomic E-state index is 12.6. The highest BCUT2D eigenvalue weighted by molar-refractivity contribution is 5.96. The van der Waals surface area contributed by atoms with Crippen LogP contribution in [-0.4, -0.2) is 25.3 Å². The van der Waals surface area contributed by atoms with Gasteiger partial charge in [-0.3, -0.25) is 4.79 Å². The molecule has 0 atom stereocenters.